The van der Waals surface area contributed by atoms with E-state index < -0.39 is 0 Å². The maximum Gasteiger partial charge on any atom is 0.213 e. The van der Waals surface area contributed by atoms with Crippen LogP contribution in [0, 0.1) is 13.8 Å². The van der Waals surface area contributed by atoms with E-state index in [2.05, 4.69) is 87.8 Å². The van der Waals surface area contributed by atoms with E-state index in [9.17, 15) is 0 Å². The molecular formula is C26H25N2+. The number of hydrogen-bond donors (Lipinski definition) is 0. The molecule has 5 rings (SSSR count). The second-order valence-electron chi connectivity index (χ2n) is 8.52. The van der Waals surface area contributed by atoms with Gasteiger partial charge in [-0.3, -0.25) is 4.98 Å². The molecule has 2 heteroatoms. The van der Waals surface area contributed by atoms with Crippen molar-refractivity contribution in [1.82, 2.24) is 4.98 Å². The summed E-state index contributed by atoms with van der Waals surface area (Å²) < 4.78 is 2.32. The van der Waals surface area contributed by atoms with Crippen molar-refractivity contribution in [2.45, 2.75) is 33.1 Å². The van der Waals surface area contributed by atoms with Gasteiger partial charge in [-0.25, -0.2) is 0 Å². The van der Waals surface area contributed by atoms with Gasteiger partial charge in [-0.1, -0.05) is 38.1 Å². The van der Waals surface area contributed by atoms with Crippen LogP contribution < -0.4 is 4.57 Å². The van der Waals surface area contributed by atoms with Crippen LogP contribution in [0.2, 0.25) is 0 Å². The molecule has 0 radical (unpaired) electrons. The van der Waals surface area contributed by atoms with Crippen molar-refractivity contribution < 1.29 is 4.57 Å². The second kappa shape index (κ2) is 5.75. The molecule has 0 saturated carbocycles. The summed E-state index contributed by atoms with van der Waals surface area (Å²) in [6, 6.07) is 20.0. The average Bonchev–Trinajstić information content (AvgIpc) is 2.90. The maximum absolute atomic E-state index is 4.72. The lowest BCUT2D eigenvalue weighted by atomic mass is 9.83. The molecule has 2 heterocycles. The van der Waals surface area contributed by atoms with Crippen LogP contribution in [0.15, 0.2) is 60.8 Å². The Hall–Kier alpha value is -3.00. The molecule has 0 amide bonds. The molecule has 0 fully saturated rings. The van der Waals surface area contributed by atoms with Crippen LogP contribution >= 0.6 is 0 Å². The Morgan fingerprint density at radius 2 is 1.64 bits per heavy atom. The number of aryl methyl sites for hydroxylation is 3. The normalized spacial score (nSPS) is 14.2. The van der Waals surface area contributed by atoms with E-state index in [1.165, 1.54) is 55.7 Å². The first kappa shape index (κ1) is 17.1. The fraction of sp³-hybridized carbons (Fsp3) is 0.231. The van der Waals surface area contributed by atoms with Crippen LogP contribution in [0.1, 0.15) is 36.2 Å². The maximum atomic E-state index is 4.72. The Bertz CT molecular complexity index is 1270. The van der Waals surface area contributed by atoms with Gasteiger partial charge in [0.1, 0.15) is 7.05 Å². The molecular weight excluding hydrogens is 340 g/mol. The third kappa shape index (κ3) is 2.21. The minimum Gasteiger partial charge on any atom is -0.260 e. The topological polar surface area (TPSA) is 16.8 Å². The predicted octanol–water partition coefficient (Wildman–Crippen LogP) is 5.65. The standard InChI is InChI=1S/C26H25N2/c1-16-8-6-10-23-18(16)11-12-24(28(23)5)20-15-21-19-9-7-13-27-25(19)26(3,4)22(21)14-17(20)2/h6-15H,1-5H3/q+1. The predicted molar refractivity (Wildman–Crippen MR) is 115 cm³/mol. The van der Waals surface area contributed by atoms with Crippen molar-refractivity contribution in [3.05, 3.63) is 83.2 Å². The highest BCUT2D eigenvalue weighted by molar-refractivity contribution is 5.85. The van der Waals surface area contributed by atoms with E-state index >= 15 is 0 Å². The fourth-order valence-electron chi connectivity index (χ4n) is 4.82. The number of fused-ring (bicyclic) bond motifs is 4. The SMILES string of the molecule is Cc1cc2c(cc1-c1ccc3c(C)cccc3[n+]1C)-c1cccnc1C2(C)C. The molecule has 0 aliphatic heterocycles. The van der Waals surface area contributed by atoms with Crippen LogP contribution in [-0.4, -0.2) is 4.98 Å². The fourth-order valence-corrected chi connectivity index (χ4v) is 4.82. The highest BCUT2D eigenvalue weighted by Crippen LogP contribution is 2.49. The first-order chi connectivity index (χ1) is 13.4. The molecule has 28 heavy (non-hydrogen) atoms. The molecule has 0 spiro atoms. The van der Waals surface area contributed by atoms with E-state index in [0.29, 0.717) is 0 Å². The van der Waals surface area contributed by atoms with E-state index in [0.717, 1.165) is 0 Å². The Morgan fingerprint density at radius 1 is 0.821 bits per heavy atom. The molecule has 138 valence electrons. The molecule has 4 aromatic rings. The highest BCUT2D eigenvalue weighted by Gasteiger charge is 2.37. The summed E-state index contributed by atoms with van der Waals surface area (Å²) in [7, 11) is 2.17. The molecule has 2 nitrogen and oxygen atoms in total. The van der Waals surface area contributed by atoms with Gasteiger partial charge < -0.3 is 0 Å². The molecule has 1 aliphatic rings. The summed E-state index contributed by atoms with van der Waals surface area (Å²) in [4.78, 5) is 4.72. The van der Waals surface area contributed by atoms with Crippen LogP contribution in [-0.2, 0) is 12.5 Å². The quantitative estimate of drug-likeness (QED) is 0.398. The summed E-state index contributed by atoms with van der Waals surface area (Å²) in [6.45, 7) is 8.96. The van der Waals surface area contributed by atoms with Gasteiger partial charge in [-0.2, -0.15) is 4.57 Å². The first-order valence-corrected chi connectivity index (χ1v) is 9.89. The molecule has 2 aromatic carbocycles. The highest BCUT2D eigenvalue weighted by atomic mass is 14.9. The number of rotatable bonds is 1. The lowest BCUT2D eigenvalue weighted by Crippen LogP contribution is -2.32. The number of aromatic nitrogens is 2. The van der Waals surface area contributed by atoms with Gasteiger partial charge in [0.2, 0.25) is 11.2 Å². The van der Waals surface area contributed by atoms with Crippen LogP contribution in [0.5, 0.6) is 0 Å². The number of benzene rings is 2. The third-order valence-corrected chi connectivity index (χ3v) is 6.44. The molecule has 0 N–H and O–H groups in total. The van der Waals surface area contributed by atoms with Crippen molar-refractivity contribution in [2.75, 3.05) is 0 Å². The van der Waals surface area contributed by atoms with Gasteiger partial charge in [-0.15, -0.1) is 0 Å². The van der Waals surface area contributed by atoms with Crippen LogP contribution in [0.3, 0.4) is 0 Å². The van der Waals surface area contributed by atoms with Gasteiger partial charge >= 0.3 is 0 Å². The summed E-state index contributed by atoms with van der Waals surface area (Å²) in [5.74, 6) is 0. The summed E-state index contributed by atoms with van der Waals surface area (Å²) >= 11 is 0. The molecule has 0 bridgehead atoms. The minimum atomic E-state index is -0.0576. The average molecular weight is 366 g/mol. The van der Waals surface area contributed by atoms with Crippen LogP contribution in [0.4, 0.5) is 0 Å². The number of hydrogen-bond acceptors (Lipinski definition) is 1. The van der Waals surface area contributed by atoms with Crippen molar-refractivity contribution in [3.8, 4) is 22.4 Å². The molecule has 2 aromatic heterocycles. The second-order valence-corrected chi connectivity index (χ2v) is 8.52. The van der Waals surface area contributed by atoms with Gasteiger partial charge in [-0.05, 0) is 54.3 Å². The third-order valence-electron chi connectivity index (χ3n) is 6.44. The van der Waals surface area contributed by atoms with Gasteiger partial charge in [0.05, 0.1) is 5.69 Å². The molecule has 0 unspecified atom stereocenters. The lowest BCUT2D eigenvalue weighted by Gasteiger charge is -2.21. The zero-order valence-electron chi connectivity index (χ0n) is 17.2. The lowest BCUT2D eigenvalue weighted by molar-refractivity contribution is -0.633. The zero-order chi connectivity index (χ0) is 19.6. The van der Waals surface area contributed by atoms with Crippen molar-refractivity contribution >= 4 is 10.9 Å². The number of pyridine rings is 2. The first-order valence-electron chi connectivity index (χ1n) is 9.89. The van der Waals surface area contributed by atoms with Gasteiger partial charge in [0, 0.05) is 40.3 Å². The Labute approximate surface area is 166 Å². The van der Waals surface area contributed by atoms with Crippen LogP contribution in [0.25, 0.3) is 33.3 Å². The smallest absolute Gasteiger partial charge is 0.213 e. The Morgan fingerprint density at radius 3 is 2.46 bits per heavy atom. The largest absolute Gasteiger partial charge is 0.260 e. The van der Waals surface area contributed by atoms with Crippen molar-refractivity contribution in [1.29, 1.82) is 0 Å². The van der Waals surface area contributed by atoms with Crippen molar-refractivity contribution in [2.24, 2.45) is 7.05 Å². The molecule has 1 aliphatic carbocycles. The number of nitrogens with zero attached hydrogens (tertiary/aromatic N) is 2. The van der Waals surface area contributed by atoms with Gasteiger partial charge in [0.15, 0.2) is 0 Å². The zero-order valence-corrected chi connectivity index (χ0v) is 17.2. The monoisotopic (exact) mass is 365 g/mol. The molecule has 0 saturated heterocycles. The Kier molecular flexibility index (Phi) is 3.51. The van der Waals surface area contributed by atoms with E-state index in [1.54, 1.807) is 0 Å². The van der Waals surface area contributed by atoms with E-state index in [-0.39, 0.29) is 5.41 Å². The van der Waals surface area contributed by atoms with E-state index in [1.807, 2.05) is 12.3 Å². The molecule has 0 atom stereocenters. The minimum absolute atomic E-state index is 0.0576. The summed E-state index contributed by atoms with van der Waals surface area (Å²) in [5.41, 5.74) is 11.5. The summed E-state index contributed by atoms with van der Waals surface area (Å²) in [6.07, 6.45) is 1.91. The van der Waals surface area contributed by atoms with Crippen molar-refractivity contribution in [3.63, 3.8) is 0 Å². The van der Waals surface area contributed by atoms with E-state index in [4.69, 9.17) is 4.98 Å². The van der Waals surface area contributed by atoms with Gasteiger partial charge in [0.25, 0.3) is 0 Å². The Balaban J connectivity index is 1.79. The summed E-state index contributed by atoms with van der Waals surface area (Å²) in [5, 5.41) is 1.31.